The summed E-state index contributed by atoms with van der Waals surface area (Å²) in [6.07, 6.45) is -0.817. The summed E-state index contributed by atoms with van der Waals surface area (Å²) in [6, 6.07) is 18.0. The average molecular weight is 418 g/mol. The van der Waals surface area contributed by atoms with Crippen LogP contribution in [0.25, 0.3) is 11.1 Å². The van der Waals surface area contributed by atoms with Gasteiger partial charge in [-0.15, -0.1) is 0 Å². The highest BCUT2D eigenvalue weighted by atomic mass is 16.6. The van der Waals surface area contributed by atoms with E-state index in [1.807, 2.05) is 48.5 Å². The predicted octanol–water partition coefficient (Wildman–Crippen LogP) is 4.56. The molecule has 0 saturated carbocycles. The molecule has 0 aromatic heterocycles. The number of aliphatic carboxylic acids is 1. The minimum Gasteiger partial charge on any atom is -0.479 e. The van der Waals surface area contributed by atoms with Gasteiger partial charge in [0.1, 0.15) is 0 Å². The molecule has 0 heterocycles. The van der Waals surface area contributed by atoms with E-state index in [2.05, 4.69) is 0 Å². The van der Waals surface area contributed by atoms with Crippen LogP contribution in [0.3, 0.4) is 0 Å². The molecular formula is C23H18N2O6. The molecule has 0 saturated heterocycles. The van der Waals surface area contributed by atoms with E-state index < -0.39 is 29.1 Å². The molecule has 156 valence electrons. The SMILES string of the molecule is COC(=O)N(C(C(=O)O)c1ccc([N+](=O)[O-])cc1)C1c2ccccc2-c2ccccc21. The van der Waals surface area contributed by atoms with Gasteiger partial charge < -0.3 is 9.84 Å². The number of carboxylic acid groups (broad SMARTS) is 1. The van der Waals surface area contributed by atoms with E-state index in [4.69, 9.17) is 4.74 Å². The van der Waals surface area contributed by atoms with Crippen molar-refractivity contribution < 1.29 is 24.4 Å². The molecular weight excluding hydrogens is 400 g/mol. The van der Waals surface area contributed by atoms with Gasteiger partial charge >= 0.3 is 12.1 Å². The Kier molecular flexibility index (Phi) is 5.12. The number of methoxy groups -OCH3 is 1. The number of amides is 1. The zero-order chi connectivity index (χ0) is 22.1. The molecule has 1 amide bonds. The molecule has 31 heavy (non-hydrogen) atoms. The van der Waals surface area contributed by atoms with Crippen LogP contribution in [-0.2, 0) is 9.53 Å². The molecule has 1 N–H and O–H groups in total. The molecule has 0 bridgehead atoms. The highest BCUT2D eigenvalue weighted by Gasteiger charge is 2.43. The third-order valence-electron chi connectivity index (χ3n) is 5.40. The van der Waals surface area contributed by atoms with E-state index in [0.29, 0.717) is 0 Å². The molecule has 8 heteroatoms. The van der Waals surface area contributed by atoms with Crippen molar-refractivity contribution in [2.45, 2.75) is 12.1 Å². The number of benzene rings is 3. The number of non-ortho nitro benzene ring substituents is 1. The molecule has 0 aliphatic heterocycles. The Bertz CT molecular complexity index is 1130. The van der Waals surface area contributed by atoms with Crippen LogP contribution in [0.1, 0.15) is 28.8 Å². The second-order valence-electron chi connectivity index (χ2n) is 7.04. The maximum Gasteiger partial charge on any atom is 0.411 e. The van der Waals surface area contributed by atoms with Gasteiger partial charge in [0.2, 0.25) is 0 Å². The molecule has 4 rings (SSSR count). The van der Waals surface area contributed by atoms with Gasteiger partial charge in [-0.3, -0.25) is 15.0 Å². The van der Waals surface area contributed by atoms with Gasteiger partial charge in [-0.25, -0.2) is 9.59 Å². The number of ether oxygens (including phenoxy) is 1. The van der Waals surface area contributed by atoms with Gasteiger partial charge in [0, 0.05) is 12.1 Å². The highest BCUT2D eigenvalue weighted by Crippen LogP contribution is 2.48. The highest BCUT2D eigenvalue weighted by molar-refractivity contribution is 5.85. The molecule has 1 unspecified atom stereocenters. The number of carboxylic acids is 1. The Hall–Kier alpha value is -4.20. The molecule has 1 atom stereocenters. The van der Waals surface area contributed by atoms with E-state index >= 15 is 0 Å². The van der Waals surface area contributed by atoms with Crippen molar-refractivity contribution in [3.8, 4) is 11.1 Å². The number of fused-ring (bicyclic) bond motifs is 3. The molecule has 0 spiro atoms. The van der Waals surface area contributed by atoms with Crippen molar-refractivity contribution in [3.05, 3.63) is 99.6 Å². The molecule has 0 fully saturated rings. The lowest BCUT2D eigenvalue weighted by molar-refractivity contribution is -0.384. The Morgan fingerprint density at radius 3 is 1.94 bits per heavy atom. The monoisotopic (exact) mass is 418 g/mol. The van der Waals surface area contributed by atoms with Crippen LogP contribution in [0, 0.1) is 10.1 Å². The van der Waals surface area contributed by atoms with E-state index in [0.717, 1.165) is 22.3 Å². The Morgan fingerprint density at radius 2 is 1.48 bits per heavy atom. The second kappa shape index (κ2) is 7.91. The summed E-state index contributed by atoms with van der Waals surface area (Å²) in [5, 5.41) is 21.1. The van der Waals surface area contributed by atoms with E-state index in [1.165, 1.54) is 36.3 Å². The van der Waals surface area contributed by atoms with Crippen molar-refractivity contribution in [1.29, 1.82) is 0 Å². The Balaban J connectivity index is 1.90. The molecule has 8 nitrogen and oxygen atoms in total. The summed E-state index contributed by atoms with van der Waals surface area (Å²) < 4.78 is 4.98. The predicted molar refractivity (Wildman–Crippen MR) is 111 cm³/mol. The van der Waals surface area contributed by atoms with Crippen molar-refractivity contribution in [2.75, 3.05) is 7.11 Å². The maximum atomic E-state index is 12.9. The largest absolute Gasteiger partial charge is 0.479 e. The summed E-state index contributed by atoms with van der Waals surface area (Å²) in [6.45, 7) is 0. The first-order chi connectivity index (χ1) is 14.9. The minimum absolute atomic E-state index is 0.172. The maximum absolute atomic E-state index is 12.9. The van der Waals surface area contributed by atoms with Crippen LogP contribution in [-0.4, -0.2) is 34.1 Å². The quantitative estimate of drug-likeness (QED) is 0.480. The summed E-state index contributed by atoms with van der Waals surface area (Å²) in [5.74, 6) is -1.28. The van der Waals surface area contributed by atoms with E-state index in [9.17, 15) is 24.8 Å². The summed E-state index contributed by atoms with van der Waals surface area (Å²) in [4.78, 5) is 36.9. The first-order valence-electron chi connectivity index (χ1n) is 9.45. The first kappa shape index (κ1) is 20.1. The molecule has 3 aromatic carbocycles. The van der Waals surface area contributed by atoms with Crippen molar-refractivity contribution >= 4 is 17.7 Å². The molecule has 0 radical (unpaired) electrons. The molecule has 1 aliphatic carbocycles. The van der Waals surface area contributed by atoms with Gasteiger partial charge in [-0.2, -0.15) is 0 Å². The number of hydrogen-bond donors (Lipinski definition) is 1. The Labute approximate surface area is 177 Å². The van der Waals surface area contributed by atoms with Gasteiger partial charge in [0.15, 0.2) is 6.04 Å². The van der Waals surface area contributed by atoms with Gasteiger partial charge in [-0.1, -0.05) is 48.5 Å². The third kappa shape index (κ3) is 3.38. The summed E-state index contributed by atoms with van der Waals surface area (Å²) in [7, 11) is 1.19. The zero-order valence-corrected chi connectivity index (χ0v) is 16.5. The number of nitrogens with zero attached hydrogens (tertiary/aromatic N) is 2. The van der Waals surface area contributed by atoms with Gasteiger partial charge in [0.05, 0.1) is 18.1 Å². The standard InChI is InChI=1S/C23H18N2O6/c1-31-23(28)24(20(22(26)27)14-10-12-15(13-11-14)25(29)30)21-18-8-4-2-6-16(18)17-7-3-5-9-19(17)21/h2-13,20-21H,1H3,(H,26,27). The molecule has 1 aliphatic rings. The number of nitro groups is 1. The number of nitro benzene ring substituents is 1. The van der Waals surface area contributed by atoms with Crippen LogP contribution < -0.4 is 0 Å². The van der Waals surface area contributed by atoms with Crippen molar-refractivity contribution in [2.24, 2.45) is 0 Å². The van der Waals surface area contributed by atoms with Gasteiger partial charge in [-0.05, 0) is 39.9 Å². The van der Waals surface area contributed by atoms with Gasteiger partial charge in [0.25, 0.3) is 5.69 Å². The first-order valence-corrected chi connectivity index (χ1v) is 9.45. The fraction of sp³-hybridized carbons (Fsp3) is 0.130. The fourth-order valence-corrected chi connectivity index (χ4v) is 4.09. The van der Waals surface area contributed by atoms with Crippen LogP contribution in [0.5, 0.6) is 0 Å². The zero-order valence-electron chi connectivity index (χ0n) is 16.5. The van der Waals surface area contributed by atoms with E-state index in [-0.39, 0.29) is 11.3 Å². The van der Waals surface area contributed by atoms with Crippen LogP contribution in [0.15, 0.2) is 72.8 Å². The lowest BCUT2D eigenvalue weighted by Gasteiger charge is -2.34. The van der Waals surface area contributed by atoms with Crippen LogP contribution in [0.2, 0.25) is 0 Å². The van der Waals surface area contributed by atoms with Crippen molar-refractivity contribution in [1.82, 2.24) is 4.90 Å². The molecule has 3 aromatic rings. The smallest absolute Gasteiger partial charge is 0.411 e. The normalized spacial score (nSPS) is 13.1. The Morgan fingerprint density at radius 1 is 0.968 bits per heavy atom. The minimum atomic E-state index is -1.42. The van der Waals surface area contributed by atoms with E-state index in [1.54, 1.807) is 0 Å². The number of rotatable bonds is 5. The van der Waals surface area contributed by atoms with Crippen molar-refractivity contribution in [3.63, 3.8) is 0 Å². The lowest BCUT2D eigenvalue weighted by Crippen LogP contribution is -2.41. The average Bonchev–Trinajstić information content (AvgIpc) is 3.11. The number of carbonyl (C=O) groups excluding carboxylic acids is 1. The van der Waals surface area contributed by atoms with Crippen LogP contribution in [0.4, 0.5) is 10.5 Å². The number of hydrogen-bond acceptors (Lipinski definition) is 5. The summed E-state index contributed by atoms with van der Waals surface area (Å²) in [5.41, 5.74) is 3.43. The third-order valence-corrected chi connectivity index (χ3v) is 5.40. The topological polar surface area (TPSA) is 110 Å². The fourth-order valence-electron chi connectivity index (χ4n) is 4.09. The lowest BCUT2D eigenvalue weighted by atomic mass is 9.98. The summed E-state index contributed by atoms with van der Waals surface area (Å²) >= 11 is 0. The number of carbonyl (C=O) groups is 2. The van der Waals surface area contributed by atoms with Crippen LogP contribution >= 0.6 is 0 Å². The second-order valence-corrected chi connectivity index (χ2v) is 7.04.